The van der Waals surface area contributed by atoms with Gasteiger partial charge in [-0.1, -0.05) is 29.8 Å². The summed E-state index contributed by atoms with van der Waals surface area (Å²) in [5.41, 5.74) is 3.89. The predicted octanol–water partition coefficient (Wildman–Crippen LogP) is 4.98. The molecule has 0 unspecified atom stereocenters. The highest BCUT2D eigenvalue weighted by Gasteiger charge is 2.34. The Morgan fingerprint density at radius 1 is 1.00 bits per heavy atom. The highest BCUT2D eigenvalue weighted by Crippen LogP contribution is 2.27. The summed E-state index contributed by atoms with van der Waals surface area (Å²) in [5.74, 6) is -0.906. The highest BCUT2D eigenvalue weighted by atomic mass is 35.5. The lowest BCUT2D eigenvalue weighted by Gasteiger charge is -2.11. The molecule has 0 radical (unpaired) electrons. The van der Waals surface area contributed by atoms with Crippen molar-refractivity contribution in [3.8, 4) is 5.69 Å². The van der Waals surface area contributed by atoms with Gasteiger partial charge in [0.15, 0.2) is 0 Å². The van der Waals surface area contributed by atoms with Crippen LogP contribution in [0.4, 0.5) is 14.9 Å². The maximum absolute atomic E-state index is 13.5. The summed E-state index contributed by atoms with van der Waals surface area (Å²) in [6.45, 7) is 3.78. The molecule has 2 aromatic carbocycles. The number of aromatic nitrogens is 1. The fraction of sp³-hybridized carbons (Fsp3) is 0.0909. The van der Waals surface area contributed by atoms with Crippen molar-refractivity contribution in [2.75, 3.05) is 4.90 Å². The second kappa shape index (κ2) is 7.22. The predicted molar refractivity (Wildman–Crippen MR) is 111 cm³/mol. The van der Waals surface area contributed by atoms with Gasteiger partial charge >= 0.3 is 6.03 Å². The second-order valence-electron chi connectivity index (χ2n) is 6.72. The summed E-state index contributed by atoms with van der Waals surface area (Å²) in [7, 11) is 0. The molecule has 1 aliphatic rings. The first-order chi connectivity index (χ1) is 13.9. The molecule has 0 saturated carbocycles. The van der Waals surface area contributed by atoms with Gasteiger partial charge in [0.1, 0.15) is 11.5 Å². The van der Waals surface area contributed by atoms with Gasteiger partial charge in [-0.3, -0.25) is 4.79 Å². The molecule has 29 heavy (non-hydrogen) atoms. The minimum absolute atomic E-state index is 0.0339. The third kappa shape index (κ3) is 3.32. The number of urea groups is 1. The molecule has 146 valence electrons. The fourth-order valence-electron chi connectivity index (χ4n) is 3.46. The third-order valence-corrected chi connectivity index (χ3v) is 5.11. The highest BCUT2D eigenvalue weighted by molar-refractivity contribution is 6.31. The van der Waals surface area contributed by atoms with E-state index in [0.29, 0.717) is 11.4 Å². The quantitative estimate of drug-likeness (QED) is 0.489. The summed E-state index contributed by atoms with van der Waals surface area (Å²) in [4.78, 5) is 26.2. The molecule has 1 aromatic heterocycles. The number of nitrogens with one attached hydrogen (secondary N) is 1. The number of imide groups is 1. The standard InChI is InChI=1S/C22H17ClFN3O2/c1-13-10-15(14(2)26(13)17-8-9-19(24)18(23)12-17)11-20-21(28)27(22(29)25-20)16-6-4-3-5-7-16/h3-12H,1-2H3,(H,25,29)/b20-11-. The van der Waals surface area contributed by atoms with Crippen LogP contribution in [-0.4, -0.2) is 16.5 Å². The minimum Gasteiger partial charge on any atom is -0.318 e. The van der Waals surface area contributed by atoms with Crippen LogP contribution in [0.5, 0.6) is 0 Å². The van der Waals surface area contributed by atoms with Crippen molar-refractivity contribution in [1.29, 1.82) is 0 Å². The van der Waals surface area contributed by atoms with Gasteiger partial charge < -0.3 is 9.88 Å². The Kier molecular flexibility index (Phi) is 4.72. The molecular weight excluding hydrogens is 393 g/mol. The zero-order valence-corrected chi connectivity index (χ0v) is 16.5. The Balaban J connectivity index is 1.71. The van der Waals surface area contributed by atoms with E-state index >= 15 is 0 Å². The molecule has 1 aliphatic heterocycles. The van der Waals surface area contributed by atoms with Gasteiger partial charge in [0, 0.05) is 17.1 Å². The van der Waals surface area contributed by atoms with E-state index in [9.17, 15) is 14.0 Å². The van der Waals surface area contributed by atoms with E-state index in [1.165, 1.54) is 6.07 Å². The lowest BCUT2D eigenvalue weighted by atomic mass is 10.2. The van der Waals surface area contributed by atoms with E-state index in [0.717, 1.165) is 21.9 Å². The van der Waals surface area contributed by atoms with Gasteiger partial charge in [0.05, 0.1) is 10.7 Å². The van der Waals surface area contributed by atoms with Crippen LogP contribution >= 0.6 is 11.6 Å². The molecule has 2 heterocycles. The average Bonchev–Trinajstić information content (AvgIpc) is 3.13. The number of carbonyl (C=O) groups excluding carboxylic acids is 2. The first kappa shape index (κ1) is 19.0. The number of nitrogens with zero attached hydrogens (tertiary/aromatic N) is 2. The number of rotatable bonds is 3. The molecule has 1 fully saturated rings. The van der Waals surface area contributed by atoms with Gasteiger partial charge in [-0.25, -0.2) is 14.1 Å². The molecule has 3 amide bonds. The van der Waals surface area contributed by atoms with Gasteiger partial charge in [-0.15, -0.1) is 0 Å². The molecule has 7 heteroatoms. The van der Waals surface area contributed by atoms with Crippen LogP contribution in [-0.2, 0) is 4.79 Å². The van der Waals surface area contributed by atoms with Crippen LogP contribution in [0, 0.1) is 19.7 Å². The maximum Gasteiger partial charge on any atom is 0.333 e. The largest absolute Gasteiger partial charge is 0.333 e. The van der Waals surface area contributed by atoms with Crippen molar-refractivity contribution < 1.29 is 14.0 Å². The van der Waals surface area contributed by atoms with Crippen molar-refractivity contribution >= 4 is 35.3 Å². The van der Waals surface area contributed by atoms with Crippen LogP contribution in [0.25, 0.3) is 11.8 Å². The van der Waals surface area contributed by atoms with E-state index in [4.69, 9.17) is 11.6 Å². The smallest absolute Gasteiger partial charge is 0.318 e. The lowest BCUT2D eigenvalue weighted by molar-refractivity contribution is -0.113. The van der Waals surface area contributed by atoms with Crippen molar-refractivity contribution in [3.63, 3.8) is 0 Å². The summed E-state index contributed by atoms with van der Waals surface area (Å²) in [6, 6.07) is 14.6. The zero-order chi connectivity index (χ0) is 20.7. The molecule has 5 nitrogen and oxygen atoms in total. The van der Waals surface area contributed by atoms with Crippen molar-refractivity contribution in [1.82, 2.24) is 9.88 Å². The van der Waals surface area contributed by atoms with E-state index in [-0.39, 0.29) is 10.7 Å². The second-order valence-corrected chi connectivity index (χ2v) is 7.13. The van der Waals surface area contributed by atoms with Crippen molar-refractivity contribution in [2.24, 2.45) is 0 Å². The summed E-state index contributed by atoms with van der Waals surface area (Å²) >= 11 is 5.92. The molecule has 0 spiro atoms. The summed E-state index contributed by atoms with van der Waals surface area (Å²) in [6.07, 6.45) is 1.65. The van der Waals surface area contributed by atoms with Crippen LogP contribution in [0.15, 0.2) is 60.3 Å². The van der Waals surface area contributed by atoms with E-state index in [2.05, 4.69) is 5.32 Å². The summed E-state index contributed by atoms with van der Waals surface area (Å²) in [5, 5.41) is 2.67. The van der Waals surface area contributed by atoms with Gasteiger partial charge in [-0.2, -0.15) is 0 Å². The number of hydrogen-bond acceptors (Lipinski definition) is 2. The number of amides is 3. The molecular formula is C22H17ClFN3O2. The monoisotopic (exact) mass is 409 g/mol. The van der Waals surface area contributed by atoms with E-state index in [1.807, 2.05) is 30.5 Å². The van der Waals surface area contributed by atoms with Crippen molar-refractivity contribution in [2.45, 2.75) is 13.8 Å². The summed E-state index contributed by atoms with van der Waals surface area (Å²) < 4.78 is 15.4. The van der Waals surface area contributed by atoms with Crippen LogP contribution in [0.1, 0.15) is 17.0 Å². The van der Waals surface area contributed by atoms with Crippen LogP contribution in [0.3, 0.4) is 0 Å². The SMILES string of the molecule is Cc1cc(/C=C2\NC(=O)N(c3ccccc3)C2=O)c(C)n1-c1ccc(F)c(Cl)c1. The van der Waals surface area contributed by atoms with Crippen LogP contribution in [0.2, 0.25) is 5.02 Å². The van der Waals surface area contributed by atoms with E-state index < -0.39 is 17.8 Å². The number of anilines is 1. The van der Waals surface area contributed by atoms with Gasteiger partial charge in [0.25, 0.3) is 5.91 Å². The van der Waals surface area contributed by atoms with Gasteiger partial charge in [0.2, 0.25) is 0 Å². The van der Waals surface area contributed by atoms with Crippen LogP contribution < -0.4 is 10.2 Å². The number of carbonyl (C=O) groups is 2. The Hall–Kier alpha value is -3.38. The Morgan fingerprint density at radius 3 is 2.41 bits per heavy atom. The van der Waals surface area contributed by atoms with E-state index in [1.54, 1.807) is 42.5 Å². The third-order valence-electron chi connectivity index (χ3n) is 4.82. The van der Waals surface area contributed by atoms with Gasteiger partial charge in [-0.05, 0) is 61.9 Å². The molecule has 4 rings (SSSR count). The number of hydrogen-bond donors (Lipinski definition) is 1. The number of benzene rings is 2. The average molecular weight is 410 g/mol. The molecule has 1 saturated heterocycles. The number of aryl methyl sites for hydroxylation is 1. The number of para-hydroxylation sites is 1. The topological polar surface area (TPSA) is 54.3 Å². The normalized spacial score (nSPS) is 15.3. The fourth-order valence-corrected chi connectivity index (χ4v) is 3.63. The molecule has 0 bridgehead atoms. The molecule has 1 N–H and O–H groups in total. The maximum atomic E-state index is 13.5. The van der Waals surface area contributed by atoms with Crippen molar-refractivity contribution in [3.05, 3.63) is 88.1 Å². The Labute approximate surface area is 172 Å². The lowest BCUT2D eigenvalue weighted by Crippen LogP contribution is -2.30. The Bertz CT molecular complexity index is 1170. The minimum atomic E-state index is -0.494. The molecule has 3 aromatic rings. The first-order valence-corrected chi connectivity index (χ1v) is 9.31. The zero-order valence-electron chi connectivity index (χ0n) is 15.7. The molecule has 0 aliphatic carbocycles. The number of halogens is 2. The Morgan fingerprint density at radius 2 is 1.72 bits per heavy atom. The molecule has 0 atom stereocenters. The first-order valence-electron chi connectivity index (χ1n) is 8.93.